The van der Waals surface area contributed by atoms with Gasteiger partial charge in [0.1, 0.15) is 18.5 Å². The molecule has 0 radical (unpaired) electrons. The van der Waals surface area contributed by atoms with Crippen LogP contribution in [0.4, 0.5) is 21.5 Å². The number of nitrogens with zero attached hydrogens (tertiary/aromatic N) is 8. The van der Waals surface area contributed by atoms with Crippen LogP contribution in [0.15, 0.2) is 65.7 Å². The first-order valence-corrected chi connectivity index (χ1v) is 30.2. The van der Waals surface area contributed by atoms with E-state index in [1.807, 2.05) is 45.0 Å². The van der Waals surface area contributed by atoms with Crippen molar-refractivity contribution in [2.75, 3.05) is 11.5 Å². The van der Waals surface area contributed by atoms with Gasteiger partial charge in [-0.25, -0.2) is 14.3 Å². The molecule has 0 saturated heterocycles. The number of nitrogens with two attached hydrogens (primary N) is 2. The molecule has 0 aliphatic heterocycles. The van der Waals surface area contributed by atoms with Crippen molar-refractivity contribution in [1.29, 1.82) is 0 Å². The number of ether oxygens (including phenoxy) is 4. The van der Waals surface area contributed by atoms with E-state index in [0.717, 1.165) is 15.6 Å². The van der Waals surface area contributed by atoms with E-state index in [2.05, 4.69) is 90.9 Å². The number of carbonyl (C=O) groups is 2. The number of unbranched alkanes of at least 4 members (excludes halogenated alkanes) is 3. The van der Waals surface area contributed by atoms with Gasteiger partial charge in [-0.1, -0.05) is 28.1 Å². The molecule has 344 valence electrons. The van der Waals surface area contributed by atoms with E-state index in [1.165, 1.54) is 73.6 Å². The van der Waals surface area contributed by atoms with E-state index in [0.29, 0.717) is 17.6 Å². The van der Waals surface area contributed by atoms with Crippen molar-refractivity contribution in [3.05, 3.63) is 76.8 Å². The van der Waals surface area contributed by atoms with Crippen molar-refractivity contribution < 1.29 is 28.5 Å². The molecular weight excluding hydrogens is 987 g/mol. The number of carbonyl (C=O) groups excluding carboxylic acids is 2. The summed E-state index contributed by atoms with van der Waals surface area (Å²) in [6.07, 6.45) is 9.23. The molecule has 4 N–H and O–H groups in total. The molecule has 0 amide bonds. The molecule has 4 aromatic heterocycles. The van der Waals surface area contributed by atoms with Crippen molar-refractivity contribution >= 4 is 84.3 Å². The van der Waals surface area contributed by atoms with Crippen molar-refractivity contribution in [3.8, 4) is 11.8 Å². The van der Waals surface area contributed by atoms with Crippen LogP contribution >= 0.6 is 15.9 Å². The zero-order valence-corrected chi connectivity index (χ0v) is 43.1. The van der Waals surface area contributed by atoms with Gasteiger partial charge in [-0.3, -0.25) is 0 Å². The summed E-state index contributed by atoms with van der Waals surface area (Å²) >= 11 is 0.861. The maximum atomic E-state index is 12.7. The molecule has 6 rings (SSSR count). The molecule has 0 spiro atoms. The van der Waals surface area contributed by atoms with Crippen LogP contribution in [-0.2, 0) is 22.7 Å². The van der Waals surface area contributed by atoms with Crippen molar-refractivity contribution in [1.82, 2.24) is 39.0 Å². The van der Waals surface area contributed by atoms with Gasteiger partial charge in [-0.05, 0) is 59.2 Å². The number of hydrogen-bond acceptors (Lipinski definition) is 14. The molecule has 18 heteroatoms. The first kappa shape index (κ1) is 50.0. The Bertz CT molecular complexity index is 2490. The zero-order valence-electron chi connectivity index (χ0n) is 38.6. The standard InChI is InChI=1S/C17H18BrN5O3.C17H18N5O3.3C4H9.Sn/c1-17(2,3)26-16(24)23-9-20-12-13(23)21-15(19)22-14(12)25-8-10-5-4-6-11(18)7-10;1-17(2,3)25-16(23)22-10-19-12-13(22)20-15(18)21-14(12)24-9-11-7-5-4-6-8-11;3*1-3-4-2;/h4-7,9H,8H2,1-3H3,(H2,19,21,22);4-5,7-8,10H,9H2,1-3H3,(H2,18,20,21);3*1,3-4H2,2H3;. The number of anilines is 2. The molecule has 0 bridgehead atoms. The summed E-state index contributed by atoms with van der Waals surface area (Å²) in [5.41, 5.74) is 13.7. The molecular formula is C46H63BrN10O6Sn. The number of hydrogen-bond donors (Lipinski definition) is 2. The first-order chi connectivity index (χ1) is 30.3. The molecule has 0 atom stereocenters. The number of benzene rings is 2. The number of aromatic nitrogens is 8. The van der Waals surface area contributed by atoms with E-state index in [1.54, 1.807) is 24.4 Å². The predicted octanol–water partition coefficient (Wildman–Crippen LogP) is 10.4. The van der Waals surface area contributed by atoms with Crippen LogP contribution in [0.5, 0.6) is 11.8 Å². The van der Waals surface area contributed by atoms with E-state index in [9.17, 15) is 9.59 Å². The van der Waals surface area contributed by atoms with Gasteiger partial charge in [0.15, 0.2) is 11.2 Å². The van der Waals surface area contributed by atoms with Gasteiger partial charge < -0.3 is 15.2 Å². The molecule has 0 aliphatic rings. The van der Waals surface area contributed by atoms with Crippen LogP contribution < -0.4 is 24.5 Å². The Labute approximate surface area is 388 Å². The number of nitrogen functional groups attached to an aromatic ring is 2. The third-order valence-electron chi connectivity index (χ3n) is 10.1. The molecule has 64 heavy (non-hydrogen) atoms. The van der Waals surface area contributed by atoms with Gasteiger partial charge in [0.2, 0.25) is 11.8 Å². The number of imidazole rings is 2. The maximum absolute atomic E-state index is 12.7. The number of fused-ring (bicyclic) bond motifs is 2. The van der Waals surface area contributed by atoms with Crippen molar-refractivity contribution in [2.45, 2.75) is 139 Å². The first-order valence-electron chi connectivity index (χ1n) is 21.9. The SMILES string of the molecule is CC(C)(C)OC(=O)n1cnc2c(OCc3cccc(Br)c3)nc(N)nc21.CCC[CH2][Sn]([CH2]CCC)([CH2]CCC)[c]1cccc(COc2nc(N)nc3c2ncn3C(=O)OC(C)(C)C)c1. The second-order valence-corrected chi connectivity index (χ2v) is 32.0. The summed E-state index contributed by atoms with van der Waals surface area (Å²) in [7, 11) is 0. The molecule has 4 heterocycles. The molecule has 0 fully saturated rings. The molecule has 0 aliphatic carbocycles. The minimum atomic E-state index is -2.55. The Balaban J connectivity index is 0.000000258. The Kier molecular flexibility index (Phi) is 17.4. The molecule has 2 aromatic carbocycles. The minimum absolute atomic E-state index is 0.0143. The van der Waals surface area contributed by atoms with Crippen LogP contribution in [0, 0.1) is 0 Å². The van der Waals surface area contributed by atoms with E-state index in [4.69, 9.17) is 30.4 Å². The van der Waals surface area contributed by atoms with Gasteiger partial charge in [-0.2, -0.15) is 9.97 Å². The number of rotatable bonds is 16. The summed E-state index contributed by atoms with van der Waals surface area (Å²) in [4.78, 5) is 50.2. The van der Waals surface area contributed by atoms with Crippen LogP contribution in [0.25, 0.3) is 22.3 Å². The molecule has 16 nitrogen and oxygen atoms in total. The summed E-state index contributed by atoms with van der Waals surface area (Å²) in [5, 5.41) is 0. The normalized spacial score (nSPS) is 11.9. The van der Waals surface area contributed by atoms with Gasteiger partial charge in [-0.15, -0.1) is 0 Å². The third-order valence-corrected chi connectivity index (χ3v) is 26.2. The second-order valence-electron chi connectivity index (χ2n) is 17.8. The van der Waals surface area contributed by atoms with Gasteiger partial charge in [0.25, 0.3) is 0 Å². The number of halogens is 1. The quantitative estimate of drug-likeness (QED) is 0.0864. The fraction of sp³-hybridized carbons (Fsp3) is 0.478. The topological polar surface area (TPSA) is 210 Å². The predicted molar refractivity (Wildman–Crippen MR) is 257 cm³/mol. The second kappa shape index (κ2) is 22.2. The summed E-state index contributed by atoms with van der Waals surface area (Å²) < 4.78 is 32.0. The average molecular weight is 1050 g/mol. The van der Waals surface area contributed by atoms with Gasteiger partial charge in [0.05, 0.1) is 0 Å². The third kappa shape index (κ3) is 13.7. The van der Waals surface area contributed by atoms with Gasteiger partial charge >= 0.3 is 218 Å². The van der Waals surface area contributed by atoms with Crippen LogP contribution in [0.1, 0.15) is 112 Å². The summed E-state index contributed by atoms with van der Waals surface area (Å²) in [6.45, 7) is 18.3. The zero-order chi connectivity index (χ0) is 46.7. The van der Waals surface area contributed by atoms with Crippen LogP contribution in [0.2, 0.25) is 13.3 Å². The van der Waals surface area contributed by atoms with Gasteiger partial charge in [0, 0.05) is 4.47 Å². The monoisotopic (exact) mass is 1050 g/mol. The van der Waals surface area contributed by atoms with E-state index >= 15 is 0 Å². The fourth-order valence-corrected chi connectivity index (χ4v) is 23.7. The summed E-state index contributed by atoms with van der Waals surface area (Å²) in [6, 6.07) is 16.7. The Morgan fingerprint density at radius 2 is 1.06 bits per heavy atom. The van der Waals surface area contributed by atoms with Crippen molar-refractivity contribution in [2.24, 2.45) is 0 Å². The van der Waals surface area contributed by atoms with E-state index in [-0.39, 0.29) is 41.6 Å². The van der Waals surface area contributed by atoms with Crippen LogP contribution in [-0.4, -0.2) is 80.8 Å². The van der Waals surface area contributed by atoms with E-state index < -0.39 is 41.8 Å². The Hall–Kier alpha value is -5.04. The Morgan fingerprint density at radius 1 is 0.641 bits per heavy atom. The fourth-order valence-electron chi connectivity index (χ4n) is 7.15. The molecule has 0 unspecified atom stereocenters. The summed E-state index contributed by atoms with van der Waals surface area (Å²) in [5.74, 6) is 0.459. The van der Waals surface area contributed by atoms with Crippen LogP contribution in [0.3, 0.4) is 0 Å². The average Bonchev–Trinajstić information content (AvgIpc) is 3.86. The Morgan fingerprint density at radius 3 is 1.47 bits per heavy atom. The molecule has 0 saturated carbocycles. The van der Waals surface area contributed by atoms with Crippen molar-refractivity contribution in [3.63, 3.8) is 0 Å². The molecule has 6 aromatic rings.